The van der Waals surface area contributed by atoms with Crippen LogP contribution in [0.25, 0.3) is 0 Å². The fourth-order valence-electron chi connectivity index (χ4n) is 3.54. The van der Waals surface area contributed by atoms with Gasteiger partial charge in [0.05, 0.1) is 0 Å². The number of carbonyl (C=O) groups excluding carboxylic acids is 1. The third kappa shape index (κ3) is 5.08. The molecule has 0 amide bonds. The molecule has 1 fully saturated rings. The highest BCUT2D eigenvalue weighted by atomic mass is 28.4. The van der Waals surface area contributed by atoms with Gasteiger partial charge in [-0.1, -0.05) is 65.4 Å². The molecular weight excluding hydrogens is 264 g/mol. The summed E-state index contributed by atoms with van der Waals surface area (Å²) in [5.74, 6) is -0.172. The van der Waals surface area contributed by atoms with Gasteiger partial charge in [0.15, 0.2) is 0 Å². The zero-order valence-electron chi connectivity index (χ0n) is 13.5. The molecule has 1 saturated carbocycles. The maximum absolute atomic E-state index is 11.9. The number of rotatable bonds is 9. The number of hydrogen-bond donors (Lipinski definition) is 0. The fraction of sp³-hybridized carbons (Fsp3) is 0.824. The Morgan fingerprint density at radius 2 is 1.70 bits per heavy atom. The molecule has 0 N–H and O–H groups in total. The predicted molar refractivity (Wildman–Crippen MR) is 88.3 cm³/mol. The Balaban J connectivity index is 2.88. The first-order valence-corrected chi connectivity index (χ1v) is 10.9. The summed E-state index contributed by atoms with van der Waals surface area (Å²) in [4.78, 5) is 11.9. The summed E-state index contributed by atoms with van der Waals surface area (Å²) in [6.45, 7) is 8.06. The standard InChI is InChI=1S/C17H32O2Si/c1-4-7-14-20(15-8-5-2,19-17(18)6-3)16-12-10-9-11-13-16/h6,16H,3-5,7-15H2,1-2H3. The summed E-state index contributed by atoms with van der Waals surface area (Å²) in [6.07, 6.45) is 12.7. The van der Waals surface area contributed by atoms with E-state index < -0.39 is 8.32 Å². The average Bonchev–Trinajstić information content (AvgIpc) is 2.50. The van der Waals surface area contributed by atoms with Crippen LogP contribution in [-0.4, -0.2) is 14.3 Å². The highest BCUT2D eigenvalue weighted by Gasteiger charge is 2.44. The van der Waals surface area contributed by atoms with E-state index in [1.54, 1.807) is 0 Å². The second-order valence-corrected chi connectivity index (χ2v) is 10.4. The number of unbranched alkanes of at least 4 members (excludes halogenated alkanes) is 2. The van der Waals surface area contributed by atoms with Crippen LogP contribution >= 0.6 is 0 Å². The number of carbonyl (C=O) groups is 1. The van der Waals surface area contributed by atoms with Crippen LogP contribution < -0.4 is 0 Å². The Bertz CT molecular complexity index is 287. The van der Waals surface area contributed by atoms with Gasteiger partial charge in [0, 0.05) is 6.08 Å². The van der Waals surface area contributed by atoms with Gasteiger partial charge in [0.2, 0.25) is 0 Å². The third-order valence-electron chi connectivity index (χ3n) is 4.73. The summed E-state index contributed by atoms with van der Waals surface area (Å²) >= 11 is 0. The molecule has 0 saturated heterocycles. The maximum atomic E-state index is 11.9. The minimum Gasteiger partial charge on any atom is -0.516 e. The maximum Gasteiger partial charge on any atom is 0.316 e. The fourth-order valence-corrected chi connectivity index (χ4v) is 8.83. The Morgan fingerprint density at radius 3 is 2.15 bits per heavy atom. The molecule has 1 aliphatic carbocycles. The van der Waals surface area contributed by atoms with Crippen LogP contribution in [0.4, 0.5) is 0 Å². The largest absolute Gasteiger partial charge is 0.516 e. The van der Waals surface area contributed by atoms with Gasteiger partial charge in [-0.25, -0.2) is 4.79 Å². The molecule has 3 heteroatoms. The lowest BCUT2D eigenvalue weighted by Gasteiger charge is -2.40. The summed E-state index contributed by atoms with van der Waals surface area (Å²) in [7, 11) is -1.94. The van der Waals surface area contributed by atoms with Crippen molar-refractivity contribution in [3.05, 3.63) is 12.7 Å². The molecule has 1 rings (SSSR count). The topological polar surface area (TPSA) is 26.3 Å². The number of hydrogen-bond acceptors (Lipinski definition) is 2. The lowest BCUT2D eigenvalue weighted by atomic mass is 10.0. The summed E-state index contributed by atoms with van der Waals surface area (Å²) in [5.41, 5.74) is 0.693. The second-order valence-electron chi connectivity index (χ2n) is 6.23. The second kappa shape index (κ2) is 9.38. The van der Waals surface area contributed by atoms with Crippen molar-refractivity contribution in [1.82, 2.24) is 0 Å². The van der Waals surface area contributed by atoms with Crippen LogP contribution in [0.15, 0.2) is 12.7 Å². The molecular formula is C17H32O2Si. The first-order chi connectivity index (χ1) is 9.68. The van der Waals surface area contributed by atoms with Crippen molar-refractivity contribution in [2.75, 3.05) is 0 Å². The molecule has 0 spiro atoms. The Labute approximate surface area is 126 Å². The van der Waals surface area contributed by atoms with E-state index in [4.69, 9.17) is 4.43 Å². The minimum absolute atomic E-state index is 0.172. The van der Waals surface area contributed by atoms with E-state index >= 15 is 0 Å². The van der Waals surface area contributed by atoms with Crippen LogP contribution in [0.5, 0.6) is 0 Å². The van der Waals surface area contributed by atoms with Gasteiger partial charge in [-0.2, -0.15) is 0 Å². The normalized spacial score (nSPS) is 16.9. The van der Waals surface area contributed by atoms with Crippen molar-refractivity contribution >= 4 is 14.3 Å². The van der Waals surface area contributed by atoms with Gasteiger partial charge < -0.3 is 4.43 Å². The lowest BCUT2D eigenvalue weighted by Crippen LogP contribution is -2.45. The average molecular weight is 297 g/mol. The molecule has 0 bridgehead atoms. The van der Waals surface area contributed by atoms with Crippen molar-refractivity contribution in [2.24, 2.45) is 0 Å². The van der Waals surface area contributed by atoms with Crippen molar-refractivity contribution in [2.45, 2.75) is 89.3 Å². The van der Waals surface area contributed by atoms with Crippen molar-refractivity contribution in [1.29, 1.82) is 0 Å². The zero-order valence-corrected chi connectivity index (χ0v) is 14.5. The minimum atomic E-state index is -1.94. The van der Waals surface area contributed by atoms with Gasteiger partial charge in [-0.15, -0.1) is 0 Å². The van der Waals surface area contributed by atoms with E-state index in [2.05, 4.69) is 20.4 Å². The summed E-state index contributed by atoms with van der Waals surface area (Å²) in [5, 5.41) is 0. The molecule has 0 unspecified atom stereocenters. The SMILES string of the molecule is C=CC(=O)O[Si](CCCC)(CCCC)C1CCCCC1. The van der Waals surface area contributed by atoms with Crippen molar-refractivity contribution in [3.8, 4) is 0 Å². The molecule has 116 valence electrons. The van der Waals surface area contributed by atoms with Crippen molar-refractivity contribution in [3.63, 3.8) is 0 Å². The van der Waals surface area contributed by atoms with E-state index in [0.717, 1.165) is 12.1 Å². The first kappa shape index (κ1) is 17.5. The smallest absolute Gasteiger partial charge is 0.316 e. The Kier molecular flexibility index (Phi) is 8.20. The molecule has 2 nitrogen and oxygen atoms in total. The molecule has 0 aromatic heterocycles. The molecule has 1 aliphatic rings. The third-order valence-corrected chi connectivity index (χ3v) is 9.80. The van der Waals surface area contributed by atoms with Crippen LogP contribution in [0.3, 0.4) is 0 Å². The van der Waals surface area contributed by atoms with Gasteiger partial charge >= 0.3 is 5.97 Å². The molecule has 0 atom stereocenters. The van der Waals surface area contributed by atoms with Gasteiger partial charge in [-0.3, -0.25) is 0 Å². The van der Waals surface area contributed by atoms with E-state index in [-0.39, 0.29) is 5.97 Å². The quantitative estimate of drug-likeness (QED) is 0.409. The van der Waals surface area contributed by atoms with Crippen LogP contribution in [0.2, 0.25) is 17.6 Å². The lowest BCUT2D eigenvalue weighted by molar-refractivity contribution is -0.130. The van der Waals surface area contributed by atoms with Crippen LogP contribution in [-0.2, 0) is 9.22 Å². The predicted octanol–water partition coefficient (Wildman–Crippen LogP) is 5.60. The van der Waals surface area contributed by atoms with Gasteiger partial charge in [0.25, 0.3) is 8.32 Å². The molecule has 20 heavy (non-hydrogen) atoms. The van der Waals surface area contributed by atoms with Crippen molar-refractivity contribution < 1.29 is 9.22 Å². The highest BCUT2D eigenvalue weighted by molar-refractivity contribution is 6.76. The van der Waals surface area contributed by atoms with Crippen LogP contribution in [0, 0.1) is 0 Å². The molecule has 0 aromatic rings. The van der Waals surface area contributed by atoms with E-state index in [1.165, 1.54) is 63.9 Å². The summed E-state index contributed by atoms with van der Waals surface area (Å²) in [6, 6.07) is 2.32. The van der Waals surface area contributed by atoms with Gasteiger partial charge in [-0.05, 0) is 30.5 Å². The van der Waals surface area contributed by atoms with Gasteiger partial charge in [0.1, 0.15) is 0 Å². The van der Waals surface area contributed by atoms with Crippen LogP contribution in [0.1, 0.15) is 71.6 Å². The molecule has 0 aliphatic heterocycles. The summed E-state index contributed by atoms with van der Waals surface area (Å²) < 4.78 is 6.11. The Morgan fingerprint density at radius 1 is 1.15 bits per heavy atom. The Hall–Kier alpha value is -0.573. The first-order valence-electron chi connectivity index (χ1n) is 8.54. The van der Waals surface area contributed by atoms with E-state index in [1.807, 2.05) is 0 Å². The zero-order chi connectivity index (χ0) is 14.8. The monoisotopic (exact) mass is 296 g/mol. The van der Waals surface area contributed by atoms with E-state index in [9.17, 15) is 4.79 Å². The molecule has 0 radical (unpaired) electrons. The molecule has 0 aromatic carbocycles. The van der Waals surface area contributed by atoms with E-state index in [0.29, 0.717) is 5.54 Å². The molecule has 0 heterocycles. The highest BCUT2D eigenvalue weighted by Crippen LogP contribution is 2.43.